The molecule has 2 aromatic heterocycles. The fourth-order valence-electron chi connectivity index (χ4n) is 4.43. The van der Waals surface area contributed by atoms with Crippen LogP contribution in [0.2, 0.25) is 10.2 Å². The minimum absolute atomic E-state index is 0.112. The van der Waals surface area contributed by atoms with Crippen molar-refractivity contribution in [2.75, 3.05) is 5.73 Å². The predicted molar refractivity (Wildman–Crippen MR) is 142 cm³/mol. The van der Waals surface area contributed by atoms with E-state index < -0.39 is 8.32 Å². The molecule has 176 valence electrons. The van der Waals surface area contributed by atoms with Gasteiger partial charge in [0.05, 0.1) is 12.4 Å². The van der Waals surface area contributed by atoms with Crippen molar-refractivity contribution in [3.05, 3.63) is 84.3 Å². The quantitative estimate of drug-likeness (QED) is 0.232. The third kappa shape index (κ3) is 4.38. The lowest BCUT2D eigenvalue weighted by atomic mass is 10.2. The van der Waals surface area contributed by atoms with E-state index in [-0.39, 0.29) is 22.2 Å². The number of aromatic nitrogens is 4. The molecule has 0 unspecified atom stereocenters. The van der Waals surface area contributed by atoms with Crippen LogP contribution >= 0.6 is 11.6 Å². The Hall–Kier alpha value is -3.00. The number of fused-ring (bicyclic) bond motifs is 1. The Kier molecular flexibility index (Phi) is 6.62. The van der Waals surface area contributed by atoms with Crippen LogP contribution in [0.3, 0.4) is 0 Å². The molecule has 8 heteroatoms. The molecule has 6 nitrogen and oxygen atoms in total. The average Bonchev–Trinajstić information content (AvgIpc) is 3.20. The summed E-state index contributed by atoms with van der Waals surface area (Å²) in [4.78, 5) is 12.7. The van der Waals surface area contributed by atoms with E-state index >= 15 is 0 Å². The number of nitrogens with zero attached hydrogens (tertiary/aromatic N) is 4. The summed E-state index contributed by atoms with van der Waals surface area (Å²) in [6.45, 7) is 13.7. The molecule has 4 aromatic rings. The van der Waals surface area contributed by atoms with Gasteiger partial charge in [-0.25, -0.2) is 4.98 Å². The molecular weight excluding hydrogens is 462 g/mol. The Morgan fingerprint density at radius 1 is 1.06 bits per heavy atom. The van der Waals surface area contributed by atoms with Gasteiger partial charge in [-0.05, 0) is 27.9 Å². The SMILES string of the molecule is C=C(Cn1cnc2c(Cl)nc(N)nc21)[C@@H](C)O[Si](c1ccccc1)(c1ccccc1)C(C)(C)C. The highest BCUT2D eigenvalue weighted by Crippen LogP contribution is 2.38. The summed E-state index contributed by atoms with van der Waals surface area (Å²) in [7, 11) is -2.70. The highest BCUT2D eigenvalue weighted by atomic mass is 35.5. The van der Waals surface area contributed by atoms with Crippen LogP contribution in [0.4, 0.5) is 5.95 Å². The van der Waals surface area contributed by atoms with E-state index in [1.807, 2.05) is 16.7 Å². The molecule has 4 rings (SSSR count). The summed E-state index contributed by atoms with van der Waals surface area (Å²) in [5.41, 5.74) is 7.82. The molecule has 0 amide bonds. The summed E-state index contributed by atoms with van der Waals surface area (Å²) >= 11 is 6.20. The molecule has 0 fully saturated rings. The minimum Gasteiger partial charge on any atom is -0.401 e. The summed E-state index contributed by atoms with van der Waals surface area (Å²) in [5.74, 6) is 0.112. The van der Waals surface area contributed by atoms with Crippen molar-refractivity contribution in [3.8, 4) is 0 Å². The van der Waals surface area contributed by atoms with Gasteiger partial charge in [-0.1, -0.05) is 99.6 Å². The van der Waals surface area contributed by atoms with Gasteiger partial charge < -0.3 is 14.7 Å². The van der Waals surface area contributed by atoms with Crippen molar-refractivity contribution >= 4 is 47.4 Å². The number of halogens is 1. The van der Waals surface area contributed by atoms with Gasteiger partial charge in [0.1, 0.15) is 5.52 Å². The lowest BCUT2D eigenvalue weighted by Gasteiger charge is -2.45. The van der Waals surface area contributed by atoms with E-state index in [4.69, 9.17) is 21.8 Å². The van der Waals surface area contributed by atoms with E-state index in [0.29, 0.717) is 17.7 Å². The molecular formula is C26H30ClN5OSi. The maximum atomic E-state index is 7.17. The van der Waals surface area contributed by atoms with Crippen LogP contribution in [0.15, 0.2) is 79.1 Å². The molecule has 0 spiro atoms. The molecule has 2 N–H and O–H groups in total. The molecule has 0 aliphatic carbocycles. The third-order valence-electron chi connectivity index (χ3n) is 6.16. The number of rotatable bonds is 7. The van der Waals surface area contributed by atoms with Crippen LogP contribution in [0.25, 0.3) is 11.2 Å². The fourth-order valence-corrected chi connectivity index (χ4v) is 9.36. The van der Waals surface area contributed by atoms with E-state index in [9.17, 15) is 0 Å². The normalized spacial score (nSPS) is 13.2. The van der Waals surface area contributed by atoms with Gasteiger partial charge in [-0.2, -0.15) is 9.97 Å². The number of anilines is 1. The van der Waals surface area contributed by atoms with Crippen molar-refractivity contribution in [1.29, 1.82) is 0 Å². The summed E-state index contributed by atoms with van der Waals surface area (Å²) in [6.07, 6.45) is 1.46. The van der Waals surface area contributed by atoms with Crippen LogP contribution in [0.1, 0.15) is 27.7 Å². The van der Waals surface area contributed by atoms with Crippen molar-refractivity contribution < 1.29 is 4.43 Å². The Morgan fingerprint density at radius 2 is 1.62 bits per heavy atom. The molecule has 0 aliphatic heterocycles. The van der Waals surface area contributed by atoms with Crippen LogP contribution in [-0.2, 0) is 11.0 Å². The first-order valence-corrected chi connectivity index (χ1v) is 13.5. The number of benzene rings is 2. The van der Waals surface area contributed by atoms with Gasteiger partial charge in [-0.3, -0.25) is 0 Å². The molecule has 0 aliphatic rings. The minimum atomic E-state index is -2.70. The van der Waals surface area contributed by atoms with Gasteiger partial charge in [0.25, 0.3) is 8.32 Å². The van der Waals surface area contributed by atoms with Gasteiger partial charge in [0.2, 0.25) is 5.95 Å². The number of nitrogen functional groups attached to an aromatic ring is 1. The summed E-state index contributed by atoms with van der Waals surface area (Å²) in [6, 6.07) is 21.2. The lowest BCUT2D eigenvalue weighted by Crippen LogP contribution is -2.67. The Bertz CT molecular complexity index is 1260. The van der Waals surface area contributed by atoms with E-state index in [0.717, 1.165) is 5.57 Å². The largest absolute Gasteiger partial charge is 0.401 e. The molecule has 0 radical (unpaired) electrons. The first kappa shape index (κ1) is 24.1. The van der Waals surface area contributed by atoms with E-state index in [1.165, 1.54) is 10.4 Å². The molecule has 0 saturated heterocycles. The van der Waals surface area contributed by atoms with Gasteiger partial charge in [0, 0.05) is 6.54 Å². The second-order valence-corrected chi connectivity index (χ2v) is 14.1. The fraction of sp³-hybridized carbons (Fsp3) is 0.269. The van der Waals surface area contributed by atoms with Gasteiger partial charge in [0.15, 0.2) is 10.8 Å². The first-order valence-electron chi connectivity index (χ1n) is 11.2. The Labute approximate surface area is 206 Å². The molecule has 0 saturated carbocycles. The highest BCUT2D eigenvalue weighted by molar-refractivity contribution is 6.99. The van der Waals surface area contributed by atoms with Gasteiger partial charge in [-0.15, -0.1) is 0 Å². The van der Waals surface area contributed by atoms with Crippen molar-refractivity contribution in [1.82, 2.24) is 19.5 Å². The molecule has 0 bridgehead atoms. The number of hydrogen-bond donors (Lipinski definition) is 1. The zero-order valence-electron chi connectivity index (χ0n) is 20.0. The molecule has 2 heterocycles. The predicted octanol–water partition coefficient (Wildman–Crippen LogP) is 4.58. The van der Waals surface area contributed by atoms with Crippen LogP contribution < -0.4 is 16.1 Å². The van der Waals surface area contributed by atoms with Crippen LogP contribution in [-0.4, -0.2) is 33.9 Å². The maximum Gasteiger partial charge on any atom is 0.261 e. The van der Waals surface area contributed by atoms with Crippen molar-refractivity contribution in [2.45, 2.75) is 45.4 Å². The van der Waals surface area contributed by atoms with Crippen LogP contribution in [0.5, 0.6) is 0 Å². The smallest absolute Gasteiger partial charge is 0.261 e. The average molecular weight is 492 g/mol. The zero-order valence-corrected chi connectivity index (χ0v) is 21.8. The molecule has 34 heavy (non-hydrogen) atoms. The number of imidazole rings is 1. The lowest BCUT2D eigenvalue weighted by molar-refractivity contribution is 0.235. The first-order chi connectivity index (χ1) is 16.1. The monoisotopic (exact) mass is 491 g/mol. The maximum absolute atomic E-state index is 7.17. The summed E-state index contributed by atoms with van der Waals surface area (Å²) in [5, 5.41) is 2.58. The molecule has 1 atom stereocenters. The third-order valence-corrected chi connectivity index (χ3v) is 11.5. The van der Waals surface area contributed by atoms with Crippen molar-refractivity contribution in [3.63, 3.8) is 0 Å². The van der Waals surface area contributed by atoms with Crippen molar-refractivity contribution in [2.24, 2.45) is 0 Å². The Balaban J connectivity index is 1.72. The van der Waals surface area contributed by atoms with E-state index in [2.05, 4.69) is 97.8 Å². The van der Waals surface area contributed by atoms with Gasteiger partial charge >= 0.3 is 0 Å². The second-order valence-electron chi connectivity index (χ2n) is 9.50. The standard InChI is InChI=1S/C26H30ClN5OSi/c1-18(16-32-17-29-22-23(27)30-25(28)31-24(22)32)19(2)33-34(26(3,4)5,20-12-8-6-9-13-20)21-14-10-7-11-15-21/h6-15,17,19H,1,16H2,2-5H3,(H2,28,30,31)/t19-/m1/s1. The highest BCUT2D eigenvalue weighted by Gasteiger charge is 2.51. The second kappa shape index (κ2) is 9.33. The number of hydrogen-bond acceptors (Lipinski definition) is 5. The zero-order chi connectivity index (χ0) is 24.5. The van der Waals surface area contributed by atoms with Crippen LogP contribution in [0, 0.1) is 0 Å². The summed E-state index contributed by atoms with van der Waals surface area (Å²) < 4.78 is 9.05. The topological polar surface area (TPSA) is 78.9 Å². The number of nitrogens with two attached hydrogens (primary N) is 1. The Morgan fingerprint density at radius 3 is 2.15 bits per heavy atom. The van der Waals surface area contributed by atoms with E-state index in [1.54, 1.807) is 6.33 Å². The molecule has 2 aromatic carbocycles.